The molecule has 3 rings (SSSR count). The van der Waals surface area contributed by atoms with Crippen LogP contribution in [0.1, 0.15) is 6.42 Å². The van der Waals surface area contributed by atoms with Gasteiger partial charge in [0.25, 0.3) is 0 Å². The van der Waals surface area contributed by atoms with Gasteiger partial charge in [-0.3, -0.25) is 4.57 Å². The van der Waals surface area contributed by atoms with Gasteiger partial charge in [0, 0.05) is 18.4 Å². The molecule has 1 unspecified atom stereocenters. The van der Waals surface area contributed by atoms with Crippen LogP contribution in [0.25, 0.3) is 5.82 Å². The van der Waals surface area contributed by atoms with Crippen molar-refractivity contribution in [2.24, 2.45) is 0 Å². The van der Waals surface area contributed by atoms with E-state index in [0.29, 0.717) is 6.42 Å². The Morgan fingerprint density at radius 1 is 1.37 bits per heavy atom. The van der Waals surface area contributed by atoms with Crippen molar-refractivity contribution in [2.45, 2.75) is 12.5 Å². The molecule has 7 heteroatoms. The maximum absolute atomic E-state index is 11.4. The van der Waals surface area contributed by atoms with Gasteiger partial charge in [0.1, 0.15) is 12.1 Å². The molecule has 0 spiro atoms. The Bertz CT molecular complexity index is 650. The van der Waals surface area contributed by atoms with E-state index in [0.717, 1.165) is 11.5 Å². The second kappa shape index (κ2) is 4.65. The lowest BCUT2D eigenvalue weighted by atomic mass is 10.2. The zero-order valence-electron chi connectivity index (χ0n) is 10.2. The predicted molar refractivity (Wildman–Crippen MR) is 72.0 cm³/mol. The molecule has 6 nitrogen and oxygen atoms in total. The third-order valence-electron chi connectivity index (χ3n) is 3.12. The fourth-order valence-electron chi connectivity index (χ4n) is 2.16. The highest BCUT2D eigenvalue weighted by molar-refractivity contribution is 7.91. The Morgan fingerprint density at radius 2 is 2.26 bits per heavy atom. The van der Waals surface area contributed by atoms with Crippen LogP contribution < -0.4 is 5.32 Å². The van der Waals surface area contributed by atoms with Crippen LogP contribution in [0.5, 0.6) is 0 Å². The van der Waals surface area contributed by atoms with Crippen molar-refractivity contribution in [1.82, 2.24) is 14.5 Å². The first-order valence-corrected chi connectivity index (χ1v) is 7.86. The summed E-state index contributed by atoms with van der Waals surface area (Å²) in [4.78, 5) is 8.27. The lowest BCUT2D eigenvalue weighted by Crippen LogP contribution is -2.20. The van der Waals surface area contributed by atoms with E-state index in [1.54, 1.807) is 18.7 Å². The summed E-state index contributed by atoms with van der Waals surface area (Å²) in [5.74, 6) is 1.25. The number of nitrogens with one attached hydrogen (secondary N) is 1. The van der Waals surface area contributed by atoms with Gasteiger partial charge in [-0.25, -0.2) is 18.4 Å². The van der Waals surface area contributed by atoms with Gasteiger partial charge < -0.3 is 5.32 Å². The van der Waals surface area contributed by atoms with Gasteiger partial charge in [-0.05, 0) is 18.6 Å². The maximum Gasteiger partial charge on any atom is 0.152 e. The third-order valence-corrected chi connectivity index (χ3v) is 4.89. The topological polar surface area (TPSA) is 76.9 Å². The summed E-state index contributed by atoms with van der Waals surface area (Å²) in [6.07, 6.45) is 7.56. The van der Waals surface area contributed by atoms with Gasteiger partial charge >= 0.3 is 0 Å². The minimum atomic E-state index is -2.85. The molecule has 1 aliphatic heterocycles. The number of hydrogen-bond donors (Lipinski definition) is 1. The molecule has 0 saturated carbocycles. The number of hydrogen-bond acceptors (Lipinski definition) is 5. The summed E-state index contributed by atoms with van der Waals surface area (Å²) in [6.45, 7) is 0. The van der Waals surface area contributed by atoms with Crippen LogP contribution in [-0.4, -0.2) is 40.5 Å². The quantitative estimate of drug-likeness (QED) is 0.901. The Balaban J connectivity index is 1.70. The van der Waals surface area contributed by atoms with Crippen molar-refractivity contribution in [3.63, 3.8) is 0 Å². The Kier molecular flexibility index (Phi) is 2.98. The van der Waals surface area contributed by atoms with Gasteiger partial charge in [-0.1, -0.05) is 0 Å². The third kappa shape index (κ3) is 2.76. The molecule has 3 heterocycles. The number of imidazole rings is 1. The SMILES string of the molecule is O=S1(=O)CCC(Nc2ccc(-n3ccnc3)nc2)C1. The highest BCUT2D eigenvalue weighted by atomic mass is 32.2. The van der Waals surface area contributed by atoms with Crippen molar-refractivity contribution in [1.29, 1.82) is 0 Å². The minimum Gasteiger partial charge on any atom is -0.380 e. The number of sulfone groups is 1. The minimum absolute atomic E-state index is 0.00843. The van der Waals surface area contributed by atoms with Crippen LogP contribution >= 0.6 is 0 Å². The van der Waals surface area contributed by atoms with E-state index in [-0.39, 0.29) is 17.5 Å². The van der Waals surface area contributed by atoms with E-state index in [2.05, 4.69) is 15.3 Å². The summed E-state index contributed by atoms with van der Waals surface area (Å²) in [5.41, 5.74) is 0.839. The van der Waals surface area contributed by atoms with Crippen molar-refractivity contribution in [3.8, 4) is 5.82 Å². The molecule has 0 bridgehead atoms. The zero-order valence-corrected chi connectivity index (χ0v) is 11.0. The molecule has 2 aromatic rings. The highest BCUT2D eigenvalue weighted by Gasteiger charge is 2.27. The average molecular weight is 278 g/mol. The summed E-state index contributed by atoms with van der Waals surface area (Å²) >= 11 is 0. The molecule has 0 amide bonds. The lowest BCUT2D eigenvalue weighted by molar-refractivity contribution is 0.602. The van der Waals surface area contributed by atoms with Crippen LogP contribution in [0.4, 0.5) is 5.69 Å². The van der Waals surface area contributed by atoms with E-state index in [4.69, 9.17) is 0 Å². The number of nitrogens with zero attached hydrogens (tertiary/aromatic N) is 3. The number of aromatic nitrogens is 3. The molecule has 1 aliphatic rings. The maximum atomic E-state index is 11.4. The summed E-state index contributed by atoms with van der Waals surface area (Å²) in [6, 6.07) is 3.76. The zero-order chi connectivity index (χ0) is 13.3. The van der Waals surface area contributed by atoms with Gasteiger partial charge in [0.2, 0.25) is 0 Å². The molecule has 0 aromatic carbocycles. The van der Waals surface area contributed by atoms with Gasteiger partial charge in [-0.15, -0.1) is 0 Å². The molecule has 1 saturated heterocycles. The Labute approximate surface area is 111 Å². The van der Waals surface area contributed by atoms with E-state index >= 15 is 0 Å². The molecular weight excluding hydrogens is 264 g/mol. The van der Waals surface area contributed by atoms with Crippen molar-refractivity contribution >= 4 is 15.5 Å². The second-order valence-electron chi connectivity index (χ2n) is 4.62. The van der Waals surface area contributed by atoms with Crippen LogP contribution in [-0.2, 0) is 9.84 Å². The average Bonchev–Trinajstić information content (AvgIpc) is 3.00. The number of anilines is 1. The second-order valence-corrected chi connectivity index (χ2v) is 6.85. The van der Waals surface area contributed by atoms with Crippen LogP contribution in [0, 0.1) is 0 Å². The molecule has 100 valence electrons. The standard InChI is InChI=1S/C12H14N4O2S/c17-19(18)6-3-11(8-19)15-10-1-2-12(14-7-10)16-5-4-13-9-16/h1-2,4-5,7,9,11,15H,3,6,8H2. The van der Waals surface area contributed by atoms with Crippen LogP contribution in [0.3, 0.4) is 0 Å². The highest BCUT2D eigenvalue weighted by Crippen LogP contribution is 2.17. The molecule has 2 aromatic heterocycles. The molecule has 0 aliphatic carbocycles. The summed E-state index contributed by atoms with van der Waals surface area (Å²) < 4.78 is 24.6. The first-order valence-electron chi connectivity index (χ1n) is 6.04. The Morgan fingerprint density at radius 3 is 2.84 bits per heavy atom. The van der Waals surface area contributed by atoms with Gasteiger partial charge in [0.15, 0.2) is 9.84 Å². The van der Waals surface area contributed by atoms with Gasteiger partial charge in [-0.2, -0.15) is 0 Å². The Hall–Kier alpha value is -1.89. The molecular formula is C12H14N4O2S. The normalized spacial score (nSPS) is 21.4. The van der Waals surface area contributed by atoms with Crippen molar-refractivity contribution in [2.75, 3.05) is 16.8 Å². The molecule has 1 N–H and O–H groups in total. The fraction of sp³-hybridized carbons (Fsp3) is 0.333. The molecule has 0 radical (unpaired) electrons. The monoisotopic (exact) mass is 278 g/mol. The smallest absolute Gasteiger partial charge is 0.152 e. The van der Waals surface area contributed by atoms with E-state index < -0.39 is 9.84 Å². The fourth-order valence-corrected chi connectivity index (χ4v) is 3.84. The van der Waals surface area contributed by atoms with E-state index in [1.807, 2.05) is 22.9 Å². The molecule has 19 heavy (non-hydrogen) atoms. The predicted octanol–water partition coefficient (Wildman–Crippen LogP) is 0.866. The summed E-state index contributed by atoms with van der Waals surface area (Å²) in [7, 11) is -2.85. The molecule has 1 atom stereocenters. The molecule has 1 fully saturated rings. The summed E-state index contributed by atoms with van der Waals surface area (Å²) in [5, 5.41) is 3.20. The first kappa shape index (κ1) is 12.2. The largest absolute Gasteiger partial charge is 0.380 e. The number of rotatable bonds is 3. The van der Waals surface area contributed by atoms with Crippen molar-refractivity contribution in [3.05, 3.63) is 37.1 Å². The lowest BCUT2D eigenvalue weighted by Gasteiger charge is -2.12. The van der Waals surface area contributed by atoms with Gasteiger partial charge in [0.05, 0.1) is 23.4 Å². The van der Waals surface area contributed by atoms with E-state index in [1.165, 1.54) is 0 Å². The first-order chi connectivity index (χ1) is 9.12. The number of pyridine rings is 1. The van der Waals surface area contributed by atoms with Crippen LogP contribution in [0.15, 0.2) is 37.1 Å². The van der Waals surface area contributed by atoms with E-state index in [9.17, 15) is 8.42 Å². The van der Waals surface area contributed by atoms with Crippen molar-refractivity contribution < 1.29 is 8.42 Å². The van der Waals surface area contributed by atoms with Crippen LogP contribution in [0.2, 0.25) is 0 Å².